The standard InChI is InChI=1S/C13H11ClN4O2S/c14-13-18-17-12(21-13)11(20)16-9-3-1-2-8(6-9)15-10(19)7-4-5-7/h1-3,6-7H,4-5H2,(H,15,19)(H,16,20). The molecule has 2 amide bonds. The molecule has 0 unspecified atom stereocenters. The average molecular weight is 323 g/mol. The fraction of sp³-hybridized carbons (Fsp3) is 0.231. The molecule has 1 aliphatic rings. The molecule has 2 N–H and O–H groups in total. The van der Waals surface area contributed by atoms with Gasteiger partial charge in [0.05, 0.1) is 0 Å². The molecule has 21 heavy (non-hydrogen) atoms. The molecule has 1 aromatic carbocycles. The lowest BCUT2D eigenvalue weighted by atomic mass is 10.2. The van der Waals surface area contributed by atoms with Crippen LogP contribution >= 0.6 is 22.9 Å². The monoisotopic (exact) mass is 322 g/mol. The summed E-state index contributed by atoms with van der Waals surface area (Å²) < 4.78 is 0.214. The Morgan fingerprint density at radius 3 is 2.52 bits per heavy atom. The highest BCUT2D eigenvalue weighted by Gasteiger charge is 2.29. The van der Waals surface area contributed by atoms with Gasteiger partial charge >= 0.3 is 0 Å². The summed E-state index contributed by atoms with van der Waals surface area (Å²) in [5.74, 6) is -0.230. The number of anilines is 2. The van der Waals surface area contributed by atoms with E-state index in [0.717, 1.165) is 24.2 Å². The number of rotatable bonds is 4. The van der Waals surface area contributed by atoms with Crippen LogP contribution in [0, 0.1) is 5.92 Å². The predicted octanol–water partition coefficient (Wildman–Crippen LogP) is 2.79. The van der Waals surface area contributed by atoms with Gasteiger partial charge in [-0.2, -0.15) is 0 Å². The normalized spacial score (nSPS) is 13.8. The maximum Gasteiger partial charge on any atom is 0.286 e. The lowest BCUT2D eigenvalue weighted by molar-refractivity contribution is -0.117. The van der Waals surface area contributed by atoms with Crippen molar-refractivity contribution in [1.82, 2.24) is 10.2 Å². The van der Waals surface area contributed by atoms with Crippen LogP contribution in [0.15, 0.2) is 24.3 Å². The fourth-order valence-electron chi connectivity index (χ4n) is 1.75. The molecule has 1 aliphatic carbocycles. The third kappa shape index (κ3) is 3.56. The van der Waals surface area contributed by atoms with Gasteiger partial charge in [-0.25, -0.2) is 0 Å². The minimum Gasteiger partial charge on any atom is -0.326 e. The van der Waals surface area contributed by atoms with Crippen molar-refractivity contribution in [2.45, 2.75) is 12.8 Å². The van der Waals surface area contributed by atoms with Crippen molar-refractivity contribution in [2.24, 2.45) is 5.92 Å². The Kier molecular flexibility index (Phi) is 3.85. The van der Waals surface area contributed by atoms with Gasteiger partial charge in [-0.15, -0.1) is 10.2 Å². The van der Waals surface area contributed by atoms with Gasteiger partial charge in [0.15, 0.2) is 0 Å². The number of halogens is 1. The van der Waals surface area contributed by atoms with Crippen molar-refractivity contribution in [3.05, 3.63) is 33.7 Å². The smallest absolute Gasteiger partial charge is 0.286 e. The van der Waals surface area contributed by atoms with Gasteiger partial charge in [0, 0.05) is 17.3 Å². The summed E-state index contributed by atoms with van der Waals surface area (Å²) in [6.45, 7) is 0. The second kappa shape index (κ2) is 5.79. The van der Waals surface area contributed by atoms with Gasteiger partial charge in [-0.3, -0.25) is 9.59 Å². The molecular formula is C13H11ClN4O2S. The quantitative estimate of drug-likeness (QED) is 0.906. The number of carbonyl (C=O) groups is 2. The Morgan fingerprint density at radius 1 is 1.19 bits per heavy atom. The average Bonchev–Trinajstić information content (AvgIpc) is 3.21. The van der Waals surface area contributed by atoms with Crippen molar-refractivity contribution in [3.63, 3.8) is 0 Å². The zero-order chi connectivity index (χ0) is 14.8. The third-order valence-electron chi connectivity index (χ3n) is 2.93. The van der Waals surface area contributed by atoms with E-state index in [1.54, 1.807) is 24.3 Å². The van der Waals surface area contributed by atoms with Crippen LogP contribution in [-0.2, 0) is 4.79 Å². The van der Waals surface area contributed by atoms with Crippen molar-refractivity contribution in [3.8, 4) is 0 Å². The van der Waals surface area contributed by atoms with Crippen molar-refractivity contribution >= 4 is 46.1 Å². The molecule has 1 fully saturated rings. The Bertz CT molecular complexity index is 699. The second-order valence-electron chi connectivity index (χ2n) is 4.66. The first-order valence-corrected chi connectivity index (χ1v) is 7.52. The van der Waals surface area contributed by atoms with Crippen LogP contribution in [0.1, 0.15) is 22.6 Å². The van der Waals surface area contributed by atoms with Gasteiger partial charge in [0.2, 0.25) is 15.4 Å². The molecule has 1 saturated carbocycles. The maximum absolute atomic E-state index is 11.9. The van der Waals surface area contributed by atoms with Gasteiger partial charge in [-0.1, -0.05) is 17.4 Å². The van der Waals surface area contributed by atoms with Crippen LogP contribution in [0.25, 0.3) is 0 Å². The summed E-state index contributed by atoms with van der Waals surface area (Å²) in [5.41, 5.74) is 1.22. The Balaban J connectivity index is 1.67. The summed E-state index contributed by atoms with van der Waals surface area (Å²) in [4.78, 5) is 23.6. The van der Waals surface area contributed by atoms with Crippen LogP contribution in [-0.4, -0.2) is 22.0 Å². The van der Waals surface area contributed by atoms with Gasteiger partial charge in [0.25, 0.3) is 5.91 Å². The minimum absolute atomic E-state index is 0.0226. The first-order chi connectivity index (χ1) is 10.1. The lowest BCUT2D eigenvalue weighted by Gasteiger charge is -2.07. The molecule has 1 heterocycles. The third-order valence-corrected chi connectivity index (χ3v) is 3.95. The van der Waals surface area contributed by atoms with E-state index in [2.05, 4.69) is 20.8 Å². The van der Waals surface area contributed by atoms with Crippen molar-refractivity contribution in [2.75, 3.05) is 10.6 Å². The molecule has 2 aromatic rings. The topological polar surface area (TPSA) is 84.0 Å². The second-order valence-corrected chi connectivity index (χ2v) is 6.22. The highest BCUT2D eigenvalue weighted by atomic mass is 35.5. The van der Waals surface area contributed by atoms with Gasteiger partial charge < -0.3 is 10.6 Å². The highest BCUT2D eigenvalue weighted by molar-refractivity contribution is 7.17. The molecular weight excluding hydrogens is 312 g/mol. The summed E-state index contributed by atoms with van der Waals surface area (Å²) in [6, 6.07) is 6.96. The Labute approximate surface area is 129 Å². The van der Waals surface area contributed by atoms with Crippen LogP contribution in [0.2, 0.25) is 4.47 Å². The zero-order valence-electron chi connectivity index (χ0n) is 10.8. The van der Waals surface area contributed by atoms with E-state index in [0.29, 0.717) is 11.4 Å². The highest BCUT2D eigenvalue weighted by Crippen LogP contribution is 2.30. The van der Waals surface area contributed by atoms with Crippen LogP contribution in [0.4, 0.5) is 11.4 Å². The molecule has 0 spiro atoms. The molecule has 8 heteroatoms. The number of aromatic nitrogens is 2. The van der Waals surface area contributed by atoms with Crippen LogP contribution in [0.5, 0.6) is 0 Å². The SMILES string of the molecule is O=C(Nc1cccc(NC(=O)C2CC2)c1)c1nnc(Cl)s1. The van der Waals surface area contributed by atoms with Crippen LogP contribution < -0.4 is 10.6 Å². The maximum atomic E-state index is 11.9. The largest absolute Gasteiger partial charge is 0.326 e. The number of hydrogen-bond donors (Lipinski definition) is 2. The van der Waals surface area contributed by atoms with E-state index in [4.69, 9.17) is 11.6 Å². The minimum atomic E-state index is -0.384. The first kappa shape index (κ1) is 14.0. The van der Waals surface area contributed by atoms with E-state index < -0.39 is 0 Å². The Hall–Kier alpha value is -1.99. The zero-order valence-corrected chi connectivity index (χ0v) is 12.4. The van der Waals surface area contributed by atoms with Crippen molar-refractivity contribution < 1.29 is 9.59 Å². The first-order valence-electron chi connectivity index (χ1n) is 6.33. The van der Waals surface area contributed by atoms with E-state index in [-0.39, 0.29) is 27.2 Å². The molecule has 0 radical (unpaired) electrons. The molecule has 0 atom stereocenters. The molecule has 3 rings (SSSR count). The lowest BCUT2D eigenvalue weighted by Crippen LogP contribution is -2.14. The van der Waals surface area contributed by atoms with E-state index in [1.807, 2.05) is 0 Å². The van der Waals surface area contributed by atoms with Gasteiger partial charge in [-0.05, 0) is 42.6 Å². The summed E-state index contributed by atoms with van der Waals surface area (Å²) in [6.07, 6.45) is 1.89. The molecule has 0 saturated heterocycles. The van der Waals surface area contributed by atoms with E-state index in [1.165, 1.54) is 0 Å². The Morgan fingerprint density at radius 2 is 1.90 bits per heavy atom. The number of nitrogens with zero attached hydrogens (tertiary/aromatic N) is 2. The number of carbonyl (C=O) groups excluding carboxylic acids is 2. The van der Waals surface area contributed by atoms with E-state index >= 15 is 0 Å². The van der Waals surface area contributed by atoms with E-state index in [9.17, 15) is 9.59 Å². The van der Waals surface area contributed by atoms with Crippen molar-refractivity contribution in [1.29, 1.82) is 0 Å². The number of nitrogens with one attached hydrogen (secondary N) is 2. The molecule has 0 bridgehead atoms. The summed E-state index contributed by atoms with van der Waals surface area (Å²) >= 11 is 6.65. The number of benzene rings is 1. The molecule has 108 valence electrons. The fourth-order valence-corrected chi connectivity index (χ4v) is 2.47. The van der Waals surface area contributed by atoms with Crippen LogP contribution in [0.3, 0.4) is 0 Å². The summed E-state index contributed by atoms with van der Waals surface area (Å²) in [5, 5.41) is 12.9. The molecule has 0 aliphatic heterocycles. The summed E-state index contributed by atoms with van der Waals surface area (Å²) in [7, 11) is 0. The number of hydrogen-bond acceptors (Lipinski definition) is 5. The molecule has 6 nitrogen and oxygen atoms in total. The predicted molar refractivity (Wildman–Crippen MR) is 80.7 cm³/mol. The van der Waals surface area contributed by atoms with Gasteiger partial charge in [0.1, 0.15) is 0 Å². The molecule has 1 aromatic heterocycles. The number of amides is 2.